The molecule has 1 fully saturated rings. The first-order valence-electron chi connectivity index (χ1n) is 12.9. The van der Waals surface area contributed by atoms with Gasteiger partial charge in [0.05, 0.1) is 6.04 Å². The topological polar surface area (TPSA) is 107 Å². The first-order chi connectivity index (χ1) is 17.5. The molecular formula is C28H35ClN4O4. The van der Waals surface area contributed by atoms with Crippen LogP contribution in [0.3, 0.4) is 0 Å². The summed E-state index contributed by atoms with van der Waals surface area (Å²) < 4.78 is 5.99. The molecule has 0 saturated carbocycles. The molecule has 0 aliphatic carbocycles. The summed E-state index contributed by atoms with van der Waals surface area (Å²) in [7, 11) is 0. The number of furan rings is 1. The van der Waals surface area contributed by atoms with Crippen molar-refractivity contribution in [3.05, 3.63) is 71.9 Å². The number of aliphatic hydroxyl groups is 1. The van der Waals surface area contributed by atoms with Crippen LogP contribution in [0.2, 0.25) is 5.02 Å². The second-order valence-electron chi connectivity index (χ2n) is 11.4. The van der Waals surface area contributed by atoms with Crippen LogP contribution in [0.15, 0.2) is 32.2 Å². The van der Waals surface area contributed by atoms with Gasteiger partial charge in [0.1, 0.15) is 29.1 Å². The summed E-state index contributed by atoms with van der Waals surface area (Å²) >= 11 is 6.54. The minimum absolute atomic E-state index is 0.191. The molecule has 2 aliphatic heterocycles. The highest BCUT2D eigenvalue weighted by molar-refractivity contribution is 6.31. The molecule has 0 amide bonds. The molecule has 0 bridgehead atoms. The van der Waals surface area contributed by atoms with Crippen molar-refractivity contribution < 1.29 is 9.52 Å². The number of nitrogens with zero attached hydrogens (tertiary/aromatic N) is 1. The summed E-state index contributed by atoms with van der Waals surface area (Å²) in [4.78, 5) is 27.5. The number of anilines is 3. The fraction of sp³-hybridized carbons (Fsp3) is 0.500. The molecule has 37 heavy (non-hydrogen) atoms. The summed E-state index contributed by atoms with van der Waals surface area (Å²) in [6.45, 7) is 12.4. The monoisotopic (exact) mass is 526 g/mol. The van der Waals surface area contributed by atoms with Crippen molar-refractivity contribution in [3.63, 3.8) is 0 Å². The van der Waals surface area contributed by atoms with E-state index in [9.17, 15) is 14.7 Å². The smallest absolute Gasteiger partial charge is 0.253 e. The maximum Gasteiger partial charge on any atom is 0.253 e. The highest BCUT2D eigenvalue weighted by Crippen LogP contribution is 2.44. The van der Waals surface area contributed by atoms with E-state index in [0.29, 0.717) is 28.6 Å². The van der Waals surface area contributed by atoms with E-state index >= 15 is 0 Å². The van der Waals surface area contributed by atoms with Crippen LogP contribution in [0, 0.1) is 19.3 Å². The van der Waals surface area contributed by atoms with Crippen molar-refractivity contribution in [3.8, 4) is 0 Å². The Bertz CT molecular complexity index is 1370. The fourth-order valence-electron chi connectivity index (χ4n) is 5.49. The van der Waals surface area contributed by atoms with E-state index in [4.69, 9.17) is 16.0 Å². The predicted octanol–water partition coefficient (Wildman–Crippen LogP) is 4.65. The molecule has 0 radical (unpaired) electrons. The van der Waals surface area contributed by atoms with Crippen LogP contribution in [0.5, 0.6) is 0 Å². The lowest BCUT2D eigenvalue weighted by Crippen LogP contribution is -2.42. The van der Waals surface area contributed by atoms with Crippen molar-refractivity contribution in [1.82, 2.24) is 10.2 Å². The Balaban J connectivity index is 1.46. The molecule has 5 rings (SSSR count). The second kappa shape index (κ2) is 9.58. The van der Waals surface area contributed by atoms with Crippen LogP contribution in [-0.2, 0) is 6.54 Å². The van der Waals surface area contributed by atoms with Gasteiger partial charge in [0.2, 0.25) is 0 Å². The molecule has 3 heterocycles. The van der Waals surface area contributed by atoms with Crippen molar-refractivity contribution in [2.24, 2.45) is 5.41 Å². The first-order valence-corrected chi connectivity index (χ1v) is 13.2. The molecule has 4 N–H and O–H groups in total. The third-order valence-electron chi connectivity index (χ3n) is 7.78. The third kappa shape index (κ3) is 4.61. The maximum atomic E-state index is 12.7. The zero-order valence-corrected chi connectivity index (χ0v) is 22.8. The average Bonchev–Trinajstić information content (AvgIpc) is 3.38. The van der Waals surface area contributed by atoms with Crippen LogP contribution in [0.4, 0.5) is 17.1 Å². The number of hydrogen-bond acceptors (Lipinski definition) is 8. The highest BCUT2D eigenvalue weighted by atomic mass is 35.5. The number of nitrogens with one attached hydrogen (secondary N) is 3. The van der Waals surface area contributed by atoms with Gasteiger partial charge in [-0.2, -0.15) is 0 Å². The van der Waals surface area contributed by atoms with Crippen LogP contribution in [-0.4, -0.2) is 29.1 Å². The molecule has 2 atom stereocenters. The van der Waals surface area contributed by atoms with Gasteiger partial charge in [-0.05, 0) is 74.5 Å². The Labute approximate surface area is 221 Å². The number of piperidine rings is 1. The number of rotatable bonds is 6. The molecule has 198 valence electrons. The van der Waals surface area contributed by atoms with Gasteiger partial charge in [-0.1, -0.05) is 32.4 Å². The Morgan fingerprint density at radius 1 is 1.14 bits per heavy atom. The van der Waals surface area contributed by atoms with Gasteiger partial charge in [-0.25, -0.2) is 0 Å². The summed E-state index contributed by atoms with van der Waals surface area (Å²) in [5.41, 5.74) is 2.07. The lowest BCUT2D eigenvalue weighted by Gasteiger charge is -2.34. The maximum absolute atomic E-state index is 12.7. The van der Waals surface area contributed by atoms with Crippen molar-refractivity contribution >= 4 is 28.7 Å². The van der Waals surface area contributed by atoms with Crippen molar-refractivity contribution in [2.75, 3.05) is 23.7 Å². The van der Waals surface area contributed by atoms with Crippen molar-refractivity contribution in [2.45, 2.75) is 72.3 Å². The molecule has 1 aromatic heterocycles. The first kappa shape index (κ1) is 26.0. The Hall–Kier alpha value is -2.65. The van der Waals surface area contributed by atoms with E-state index < -0.39 is 17.1 Å². The van der Waals surface area contributed by atoms with Gasteiger partial charge in [-0.15, -0.1) is 0 Å². The highest BCUT2D eigenvalue weighted by Gasteiger charge is 2.38. The molecule has 0 spiro atoms. The zero-order chi connectivity index (χ0) is 26.6. The van der Waals surface area contributed by atoms with Crippen molar-refractivity contribution in [1.29, 1.82) is 0 Å². The quantitative estimate of drug-likeness (QED) is 0.344. The van der Waals surface area contributed by atoms with Crippen LogP contribution in [0.1, 0.15) is 74.1 Å². The Kier molecular flexibility index (Phi) is 6.73. The number of halogens is 1. The van der Waals surface area contributed by atoms with Gasteiger partial charge in [-0.3, -0.25) is 14.5 Å². The molecule has 2 aromatic carbocycles. The summed E-state index contributed by atoms with van der Waals surface area (Å²) in [6.07, 6.45) is 1.04. The molecule has 2 aliphatic rings. The predicted molar refractivity (Wildman–Crippen MR) is 146 cm³/mol. The van der Waals surface area contributed by atoms with Gasteiger partial charge in [0.15, 0.2) is 0 Å². The minimum atomic E-state index is -0.849. The van der Waals surface area contributed by atoms with Crippen LogP contribution < -0.4 is 26.8 Å². The van der Waals surface area contributed by atoms with E-state index in [1.54, 1.807) is 12.1 Å². The number of aliphatic hydroxyl groups excluding tert-OH is 1. The SMILES string of the molecule is Cc1cc([C@H](Nc2c(Nc3ccc(Cl)c4c3C(O)N(C3CCNCC3)C4)c(=O)c2=O)C(C)(C)C)oc1C. The molecule has 9 heteroatoms. The average molecular weight is 527 g/mol. The van der Waals surface area contributed by atoms with Gasteiger partial charge in [0.25, 0.3) is 10.9 Å². The van der Waals surface area contributed by atoms with E-state index in [1.165, 1.54) is 0 Å². The lowest BCUT2D eigenvalue weighted by atomic mass is 9.84. The summed E-state index contributed by atoms with van der Waals surface area (Å²) in [5, 5.41) is 21.7. The molecule has 8 nitrogen and oxygen atoms in total. The fourth-order valence-corrected chi connectivity index (χ4v) is 5.72. The minimum Gasteiger partial charge on any atom is -0.464 e. The zero-order valence-electron chi connectivity index (χ0n) is 22.0. The standard InChI is InChI=1S/C28H35ClN4O4/c1-14-12-20(37-15(14)2)26(28(3,4)5)32-23-22(24(34)25(23)35)31-19-7-6-18(29)17-13-33(27(36)21(17)19)16-8-10-30-11-9-16/h6-7,12,16,26-27,30-32,36H,8-11,13H2,1-5H3/t26-,27?/m0/s1. The number of aryl methyl sites for hydroxylation is 2. The molecular weight excluding hydrogens is 492 g/mol. The van der Waals surface area contributed by atoms with Gasteiger partial charge in [0, 0.05) is 28.9 Å². The van der Waals surface area contributed by atoms with E-state index in [2.05, 4.69) is 20.9 Å². The Morgan fingerprint density at radius 3 is 2.43 bits per heavy atom. The van der Waals surface area contributed by atoms with Crippen LogP contribution in [0.25, 0.3) is 0 Å². The van der Waals surface area contributed by atoms with Gasteiger partial charge >= 0.3 is 0 Å². The third-order valence-corrected chi connectivity index (χ3v) is 8.14. The molecule has 1 saturated heterocycles. The summed E-state index contributed by atoms with van der Waals surface area (Å²) in [5.74, 6) is 1.53. The second-order valence-corrected chi connectivity index (χ2v) is 11.8. The summed E-state index contributed by atoms with van der Waals surface area (Å²) in [6, 6.07) is 5.41. The largest absolute Gasteiger partial charge is 0.464 e. The Morgan fingerprint density at radius 2 is 1.81 bits per heavy atom. The number of hydrogen-bond donors (Lipinski definition) is 4. The normalized spacial score (nSPS) is 19.8. The van der Waals surface area contributed by atoms with Gasteiger partial charge < -0.3 is 25.5 Å². The molecule has 3 aromatic rings. The lowest BCUT2D eigenvalue weighted by molar-refractivity contribution is -0.0244. The number of fused-ring (bicyclic) bond motifs is 1. The van der Waals surface area contributed by atoms with Crippen LogP contribution >= 0.6 is 11.6 Å². The van der Waals surface area contributed by atoms with E-state index in [0.717, 1.165) is 42.8 Å². The van der Waals surface area contributed by atoms with E-state index in [1.807, 2.05) is 40.7 Å². The van der Waals surface area contributed by atoms with E-state index in [-0.39, 0.29) is 28.9 Å². The molecule has 1 unspecified atom stereocenters. The number of benzene rings is 1.